The third-order valence-electron chi connectivity index (χ3n) is 6.42. The number of hydrogen-bond acceptors (Lipinski definition) is 12. The zero-order valence-electron chi connectivity index (χ0n) is 18.7. The van der Waals surface area contributed by atoms with E-state index in [0.717, 1.165) is 6.07 Å². The lowest BCUT2D eigenvalue weighted by molar-refractivity contribution is -0.138. The van der Waals surface area contributed by atoms with Gasteiger partial charge < -0.3 is 49.6 Å². The van der Waals surface area contributed by atoms with Gasteiger partial charge in [-0.3, -0.25) is 0 Å². The number of rotatable bonds is 5. The minimum atomic E-state index is -1.48. The first-order valence-corrected chi connectivity index (χ1v) is 10.6. The number of phenols is 4. The Bertz CT molecular complexity index is 1150. The maximum Gasteiger partial charge on any atom is 0.339 e. The lowest BCUT2D eigenvalue weighted by Gasteiger charge is -2.45. The smallest absolute Gasteiger partial charge is 0.339 e. The van der Waals surface area contributed by atoms with Crippen LogP contribution in [0.2, 0.25) is 0 Å². The van der Waals surface area contributed by atoms with E-state index in [9.17, 15) is 40.2 Å². The quantitative estimate of drug-likeness (QED) is 0.254. The van der Waals surface area contributed by atoms with Crippen molar-refractivity contribution in [3.63, 3.8) is 0 Å². The number of aromatic hydroxyl groups is 4. The molecule has 5 atom stereocenters. The predicted molar refractivity (Wildman–Crippen MR) is 115 cm³/mol. The highest BCUT2D eigenvalue weighted by Crippen LogP contribution is 2.51. The van der Waals surface area contributed by atoms with Crippen molar-refractivity contribution < 1.29 is 59.2 Å². The highest BCUT2D eigenvalue weighted by atomic mass is 16.6. The van der Waals surface area contributed by atoms with Crippen molar-refractivity contribution in [3.05, 3.63) is 34.9 Å². The van der Waals surface area contributed by atoms with Crippen molar-refractivity contribution in [2.24, 2.45) is 5.92 Å². The average Bonchev–Trinajstić information content (AvgIpc) is 2.84. The number of carbonyl (C=O) groups is 2. The van der Waals surface area contributed by atoms with Crippen molar-refractivity contribution in [2.45, 2.75) is 30.7 Å². The molecule has 12 heteroatoms. The maximum atomic E-state index is 13.0. The lowest BCUT2D eigenvalue weighted by atomic mass is 9.70. The van der Waals surface area contributed by atoms with E-state index in [4.69, 9.17) is 18.9 Å². The summed E-state index contributed by atoms with van der Waals surface area (Å²) in [6.07, 6.45) is -4.20. The molecule has 5 unspecified atom stereocenters. The molecular weight excluding hydrogens is 468 g/mol. The Morgan fingerprint density at radius 1 is 1.03 bits per heavy atom. The molecule has 35 heavy (non-hydrogen) atoms. The molecule has 1 fully saturated rings. The summed E-state index contributed by atoms with van der Waals surface area (Å²) in [5.41, 5.74) is -0.370. The Hall–Kier alpha value is -3.90. The van der Waals surface area contributed by atoms with Gasteiger partial charge in [0.2, 0.25) is 11.5 Å². The highest BCUT2D eigenvalue weighted by Gasteiger charge is 2.53. The number of methoxy groups -OCH3 is 2. The molecule has 6 N–H and O–H groups in total. The van der Waals surface area contributed by atoms with Crippen LogP contribution in [0.25, 0.3) is 0 Å². The monoisotopic (exact) mass is 492 g/mol. The second-order valence-electron chi connectivity index (χ2n) is 8.30. The Kier molecular flexibility index (Phi) is 6.26. The Balaban J connectivity index is 1.74. The maximum absolute atomic E-state index is 13.0. The van der Waals surface area contributed by atoms with Crippen LogP contribution < -0.4 is 9.47 Å². The van der Waals surface area contributed by atoms with Gasteiger partial charge >= 0.3 is 11.9 Å². The summed E-state index contributed by atoms with van der Waals surface area (Å²) in [6, 6.07) is 3.31. The molecule has 0 spiro atoms. The molecule has 2 aromatic carbocycles. The van der Waals surface area contributed by atoms with Crippen LogP contribution in [0.5, 0.6) is 34.5 Å². The average molecular weight is 492 g/mol. The second-order valence-corrected chi connectivity index (χ2v) is 8.30. The van der Waals surface area contributed by atoms with Crippen molar-refractivity contribution in [2.75, 3.05) is 20.8 Å². The van der Waals surface area contributed by atoms with Gasteiger partial charge in [-0.2, -0.15) is 0 Å². The van der Waals surface area contributed by atoms with Gasteiger partial charge in [0, 0.05) is 24.0 Å². The molecular formula is C23H24O12. The third kappa shape index (κ3) is 3.90. The summed E-state index contributed by atoms with van der Waals surface area (Å²) in [4.78, 5) is 25.7. The number of carbonyl (C=O) groups excluding carboxylic acids is 2. The van der Waals surface area contributed by atoms with Crippen LogP contribution in [-0.4, -0.2) is 81.7 Å². The molecule has 0 amide bonds. The molecule has 0 bridgehead atoms. The highest BCUT2D eigenvalue weighted by molar-refractivity contribution is 5.95. The van der Waals surface area contributed by atoms with Crippen molar-refractivity contribution in [1.29, 1.82) is 0 Å². The van der Waals surface area contributed by atoms with Crippen LogP contribution in [0.4, 0.5) is 0 Å². The van der Waals surface area contributed by atoms with Gasteiger partial charge in [-0.15, -0.1) is 0 Å². The molecule has 188 valence electrons. The molecule has 1 aliphatic heterocycles. The number of fused-ring (bicyclic) bond motifs is 3. The molecule has 1 saturated carbocycles. The van der Waals surface area contributed by atoms with E-state index in [0.29, 0.717) is 0 Å². The van der Waals surface area contributed by atoms with E-state index in [2.05, 4.69) is 0 Å². The summed E-state index contributed by atoms with van der Waals surface area (Å²) in [6.45, 7) is -0.520. The summed E-state index contributed by atoms with van der Waals surface area (Å²) in [5.74, 6) is -6.54. The standard InChI is InChI=1S/C23H24O12/c1-32-13-4-8(5-14(33-2)18(13)28)22(30)35-21-16(26)9(7-24)3-10-15-11(23(31)34-20(10)21)6-12(25)17(27)19(15)29/h4-6,9-10,16,20-21,24-29H,3,7H2,1-2H3. The minimum Gasteiger partial charge on any atom is -0.504 e. The predicted octanol–water partition coefficient (Wildman–Crippen LogP) is 0.747. The van der Waals surface area contributed by atoms with E-state index >= 15 is 0 Å². The number of esters is 2. The number of ether oxygens (including phenoxy) is 4. The molecule has 0 radical (unpaired) electrons. The lowest BCUT2D eigenvalue weighted by Crippen LogP contribution is -2.56. The van der Waals surface area contributed by atoms with Crippen LogP contribution in [0, 0.1) is 5.92 Å². The fourth-order valence-corrected chi connectivity index (χ4v) is 4.64. The summed E-state index contributed by atoms with van der Waals surface area (Å²) >= 11 is 0. The molecule has 2 aromatic rings. The normalized spacial score (nSPS) is 25.1. The first-order chi connectivity index (χ1) is 16.6. The number of benzene rings is 2. The molecule has 0 aromatic heterocycles. The van der Waals surface area contributed by atoms with Crippen molar-refractivity contribution >= 4 is 11.9 Å². The largest absolute Gasteiger partial charge is 0.504 e. The molecule has 2 aliphatic rings. The second kappa shape index (κ2) is 9.04. The van der Waals surface area contributed by atoms with Gasteiger partial charge in [-0.25, -0.2) is 9.59 Å². The van der Waals surface area contributed by atoms with Gasteiger partial charge in [0.05, 0.1) is 31.5 Å². The molecule has 1 heterocycles. The fourth-order valence-electron chi connectivity index (χ4n) is 4.64. The van der Waals surface area contributed by atoms with Crippen LogP contribution in [0.1, 0.15) is 38.6 Å². The minimum absolute atomic E-state index is 0.00922. The van der Waals surface area contributed by atoms with Gasteiger partial charge in [-0.1, -0.05) is 0 Å². The Labute approximate surface area is 198 Å². The summed E-state index contributed by atoms with van der Waals surface area (Å²) < 4.78 is 21.0. The topological polar surface area (TPSA) is 192 Å². The van der Waals surface area contributed by atoms with E-state index in [1.165, 1.54) is 26.4 Å². The van der Waals surface area contributed by atoms with Gasteiger partial charge in [0.1, 0.15) is 6.10 Å². The number of aliphatic hydroxyl groups excluding tert-OH is 2. The number of hydrogen-bond donors (Lipinski definition) is 6. The van der Waals surface area contributed by atoms with E-state index in [-0.39, 0.29) is 40.4 Å². The van der Waals surface area contributed by atoms with E-state index in [1.807, 2.05) is 0 Å². The fraction of sp³-hybridized carbons (Fsp3) is 0.391. The van der Waals surface area contributed by atoms with Gasteiger partial charge in [-0.05, 0) is 24.6 Å². The SMILES string of the molecule is COc1cc(C(=O)OC2C(O)C(CO)CC3c4c(cc(O)c(O)c4O)C(=O)OC32)cc(OC)c1O. The van der Waals surface area contributed by atoms with E-state index in [1.54, 1.807) is 0 Å². The molecule has 1 aliphatic carbocycles. The Morgan fingerprint density at radius 3 is 2.23 bits per heavy atom. The summed E-state index contributed by atoms with van der Waals surface area (Å²) in [7, 11) is 2.53. The van der Waals surface area contributed by atoms with Crippen LogP contribution in [-0.2, 0) is 9.47 Å². The molecule has 4 rings (SSSR count). The zero-order valence-corrected chi connectivity index (χ0v) is 18.7. The van der Waals surface area contributed by atoms with E-state index < -0.39 is 65.9 Å². The third-order valence-corrected chi connectivity index (χ3v) is 6.42. The van der Waals surface area contributed by atoms with Crippen LogP contribution in [0.15, 0.2) is 18.2 Å². The van der Waals surface area contributed by atoms with Crippen molar-refractivity contribution in [1.82, 2.24) is 0 Å². The Morgan fingerprint density at radius 2 is 1.66 bits per heavy atom. The first-order valence-electron chi connectivity index (χ1n) is 10.6. The summed E-state index contributed by atoms with van der Waals surface area (Å²) in [5, 5.41) is 61.1. The molecule has 12 nitrogen and oxygen atoms in total. The zero-order chi connectivity index (χ0) is 25.6. The molecule has 0 saturated heterocycles. The number of phenolic OH excluding ortho intramolecular Hbond substituents is 4. The number of aliphatic hydroxyl groups is 2. The first kappa shape index (κ1) is 24.2. The van der Waals surface area contributed by atoms with Gasteiger partial charge in [0.25, 0.3) is 0 Å². The van der Waals surface area contributed by atoms with Crippen LogP contribution in [0.3, 0.4) is 0 Å². The van der Waals surface area contributed by atoms with Gasteiger partial charge in [0.15, 0.2) is 29.1 Å². The van der Waals surface area contributed by atoms with Crippen molar-refractivity contribution in [3.8, 4) is 34.5 Å². The van der Waals surface area contributed by atoms with Crippen LogP contribution >= 0.6 is 0 Å².